The molecule has 1 unspecified atom stereocenters. The summed E-state index contributed by atoms with van der Waals surface area (Å²) in [6, 6.07) is 9.22. The van der Waals surface area contributed by atoms with E-state index in [9.17, 15) is 0 Å². The molecule has 18 heavy (non-hydrogen) atoms. The van der Waals surface area contributed by atoms with Crippen LogP contribution in [0, 0.1) is 4.77 Å². The van der Waals surface area contributed by atoms with Crippen LogP contribution in [-0.4, -0.2) is 20.5 Å². The molecule has 1 aromatic heterocycles. The topological polar surface area (TPSA) is 33.6 Å². The number of nitrogens with zero attached hydrogens (tertiary/aromatic N) is 2. The molecule has 1 fully saturated rings. The van der Waals surface area contributed by atoms with Crippen LogP contribution in [0.25, 0.3) is 0 Å². The van der Waals surface area contributed by atoms with Crippen molar-refractivity contribution in [2.75, 3.05) is 5.75 Å². The van der Waals surface area contributed by atoms with E-state index in [1.165, 1.54) is 23.3 Å². The Morgan fingerprint density at radius 1 is 1.33 bits per heavy atom. The summed E-state index contributed by atoms with van der Waals surface area (Å²) >= 11 is 7.28. The molecule has 1 aliphatic heterocycles. The molecule has 5 heteroatoms. The van der Waals surface area contributed by atoms with Crippen LogP contribution >= 0.6 is 24.0 Å². The molecule has 2 heterocycles. The second-order valence-corrected chi connectivity index (χ2v) is 6.34. The Morgan fingerprint density at radius 2 is 2.17 bits per heavy atom. The Balaban J connectivity index is 1.83. The standard InChI is InChI=1S/C13H13N3S2/c17-13-15-14-12(16(13)8-5-6-8)10-7-18-11-4-2-1-3-9(10)11/h1-4,8,10H,5-7H2,(H,15,17). The molecule has 1 atom stereocenters. The Labute approximate surface area is 115 Å². The molecule has 4 rings (SSSR count). The van der Waals surface area contributed by atoms with E-state index in [1.807, 2.05) is 11.8 Å². The molecular formula is C13H13N3S2. The molecule has 1 aliphatic carbocycles. The highest BCUT2D eigenvalue weighted by Crippen LogP contribution is 2.45. The van der Waals surface area contributed by atoms with Crippen molar-refractivity contribution >= 4 is 24.0 Å². The molecule has 1 N–H and O–H groups in total. The van der Waals surface area contributed by atoms with E-state index in [4.69, 9.17) is 12.2 Å². The third kappa shape index (κ3) is 1.57. The largest absolute Gasteiger partial charge is 0.300 e. The minimum Gasteiger partial charge on any atom is -0.300 e. The number of benzene rings is 1. The van der Waals surface area contributed by atoms with Crippen molar-refractivity contribution in [3.63, 3.8) is 0 Å². The summed E-state index contributed by atoms with van der Waals surface area (Å²) in [6.45, 7) is 0. The number of nitrogens with one attached hydrogen (secondary N) is 1. The summed E-state index contributed by atoms with van der Waals surface area (Å²) in [5, 5.41) is 7.46. The first kappa shape index (κ1) is 10.8. The fourth-order valence-electron chi connectivity index (χ4n) is 2.62. The maximum Gasteiger partial charge on any atom is 0.195 e. The summed E-state index contributed by atoms with van der Waals surface area (Å²) in [6.07, 6.45) is 2.48. The van der Waals surface area contributed by atoms with Gasteiger partial charge in [0.25, 0.3) is 0 Å². The zero-order valence-electron chi connectivity index (χ0n) is 9.80. The van der Waals surface area contributed by atoms with Crippen LogP contribution in [0.2, 0.25) is 0 Å². The number of rotatable bonds is 2. The van der Waals surface area contributed by atoms with Crippen LogP contribution in [0.1, 0.15) is 36.2 Å². The van der Waals surface area contributed by atoms with Gasteiger partial charge in [-0.25, -0.2) is 0 Å². The van der Waals surface area contributed by atoms with E-state index < -0.39 is 0 Å². The molecule has 2 aliphatic rings. The molecule has 0 bridgehead atoms. The van der Waals surface area contributed by atoms with Gasteiger partial charge in [-0.3, -0.25) is 5.10 Å². The predicted octanol–water partition coefficient (Wildman–Crippen LogP) is 3.51. The lowest BCUT2D eigenvalue weighted by Crippen LogP contribution is -2.09. The van der Waals surface area contributed by atoms with Gasteiger partial charge in [0.05, 0.1) is 5.92 Å². The van der Waals surface area contributed by atoms with E-state index in [0.717, 1.165) is 16.3 Å². The molecule has 1 aromatic carbocycles. The van der Waals surface area contributed by atoms with Gasteiger partial charge >= 0.3 is 0 Å². The summed E-state index contributed by atoms with van der Waals surface area (Å²) in [5.74, 6) is 2.59. The number of thioether (sulfide) groups is 1. The summed E-state index contributed by atoms with van der Waals surface area (Å²) in [7, 11) is 0. The van der Waals surface area contributed by atoms with Crippen LogP contribution in [0.3, 0.4) is 0 Å². The molecule has 1 saturated carbocycles. The van der Waals surface area contributed by atoms with Crippen LogP contribution in [0.15, 0.2) is 29.2 Å². The van der Waals surface area contributed by atoms with Gasteiger partial charge in [0, 0.05) is 16.7 Å². The van der Waals surface area contributed by atoms with Crippen LogP contribution < -0.4 is 0 Å². The quantitative estimate of drug-likeness (QED) is 0.852. The molecular weight excluding hydrogens is 262 g/mol. The SMILES string of the molecule is S=c1[nH]nc(C2CSc3ccccc32)n1C1CC1. The van der Waals surface area contributed by atoms with Crippen molar-refractivity contribution in [3.05, 3.63) is 40.4 Å². The highest BCUT2D eigenvalue weighted by Gasteiger charge is 2.33. The lowest BCUT2D eigenvalue weighted by Gasteiger charge is -2.11. The molecule has 0 spiro atoms. The zero-order chi connectivity index (χ0) is 12.1. The van der Waals surface area contributed by atoms with Crippen LogP contribution in [0.4, 0.5) is 0 Å². The number of aromatic nitrogens is 3. The lowest BCUT2D eigenvalue weighted by atomic mass is 10.0. The molecule has 0 radical (unpaired) electrons. The molecule has 3 nitrogen and oxygen atoms in total. The van der Waals surface area contributed by atoms with Crippen LogP contribution in [0.5, 0.6) is 0 Å². The normalized spacial score (nSPS) is 22.1. The van der Waals surface area contributed by atoms with Gasteiger partial charge in [0.1, 0.15) is 5.82 Å². The first-order valence-electron chi connectivity index (χ1n) is 6.23. The van der Waals surface area contributed by atoms with E-state index in [2.05, 4.69) is 39.0 Å². The monoisotopic (exact) mass is 275 g/mol. The van der Waals surface area contributed by atoms with Gasteiger partial charge in [-0.1, -0.05) is 18.2 Å². The van der Waals surface area contributed by atoms with Gasteiger partial charge in [0.2, 0.25) is 0 Å². The predicted molar refractivity (Wildman–Crippen MR) is 74.7 cm³/mol. The van der Waals surface area contributed by atoms with Gasteiger partial charge < -0.3 is 4.57 Å². The molecule has 0 saturated heterocycles. The van der Waals surface area contributed by atoms with Gasteiger partial charge in [-0.15, -0.1) is 11.8 Å². The number of hydrogen-bond acceptors (Lipinski definition) is 3. The number of fused-ring (bicyclic) bond motifs is 1. The maximum atomic E-state index is 5.36. The highest BCUT2D eigenvalue weighted by atomic mass is 32.2. The number of aromatic amines is 1. The van der Waals surface area contributed by atoms with E-state index in [-0.39, 0.29) is 0 Å². The summed E-state index contributed by atoms with van der Waals surface area (Å²) < 4.78 is 3.02. The molecule has 92 valence electrons. The second-order valence-electron chi connectivity index (χ2n) is 4.89. The Hall–Kier alpha value is -1.07. The fourth-order valence-corrected chi connectivity index (χ4v) is 4.14. The smallest absolute Gasteiger partial charge is 0.195 e. The number of hydrogen-bond donors (Lipinski definition) is 1. The van der Waals surface area contributed by atoms with Crippen molar-refractivity contribution in [2.45, 2.75) is 29.7 Å². The lowest BCUT2D eigenvalue weighted by molar-refractivity contribution is 0.653. The Kier molecular flexibility index (Phi) is 2.38. The van der Waals surface area contributed by atoms with Gasteiger partial charge in [-0.05, 0) is 36.7 Å². The van der Waals surface area contributed by atoms with Crippen molar-refractivity contribution in [1.82, 2.24) is 14.8 Å². The van der Waals surface area contributed by atoms with Crippen molar-refractivity contribution in [1.29, 1.82) is 0 Å². The zero-order valence-corrected chi connectivity index (χ0v) is 11.4. The van der Waals surface area contributed by atoms with Crippen LogP contribution in [-0.2, 0) is 0 Å². The summed E-state index contributed by atoms with van der Waals surface area (Å²) in [5.41, 5.74) is 1.40. The van der Waals surface area contributed by atoms with E-state index in [0.29, 0.717) is 12.0 Å². The fraction of sp³-hybridized carbons (Fsp3) is 0.385. The minimum absolute atomic E-state index is 0.389. The molecule has 0 amide bonds. The third-order valence-electron chi connectivity index (χ3n) is 3.66. The van der Waals surface area contributed by atoms with Crippen molar-refractivity contribution in [3.8, 4) is 0 Å². The van der Waals surface area contributed by atoms with Crippen molar-refractivity contribution in [2.24, 2.45) is 0 Å². The molecule has 2 aromatic rings. The first-order valence-corrected chi connectivity index (χ1v) is 7.62. The second kappa shape index (κ2) is 3.96. The third-order valence-corrected chi connectivity index (χ3v) is 5.13. The van der Waals surface area contributed by atoms with E-state index >= 15 is 0 Å². The van der Waals surface area contributed by atoms with Crippen molar-refractivity contribution < 1.29 is 0 Å². The van der Waals surface area contributed by atoms with Gasteiger partial charge in [0.15, 0.2) is 4.77 Å². The first-order chi connectivity index (χ1) is 8.84. The average molecular weight is 275 g/mol. The Bertz CT molecular complexity index is 654. The maximum absolute atomic E-state index is 5.36. The summed E-state index contributed by atoms with van der Waals surface area (Å²) in [4.78, 5) is 1.39. The van der Waals surface area contributed by atoms with Gasteiger partial charge in [-0.2, -0.15) is 5.10 Å². The van der Waals surface area contributed by atoms with E-state index in [1.54, 1.807) is 0 Å². The minimum atomic E-state index is 0.389. The Morgan fingerprint density at radius 3 is 3.00 bits per heavy atom. The average Bonchev–Trinajstić information content (AvgIpc) is 3.02. The number of H-pyrrole nitrogens is 1. The highest BCUT2D eigenvalue weighted by molar-refractivity contribution is 7.99.